The molecule has 2 atom stereocenters. The summed E-state index contributed by atoms with van der Waals surface area (Å²) in [6, 6.07) is 2.54. The van der Waals surface area contributed by atoms with Crippen LogP contribution < -0.4 is 21.7 Å². The molecular formula is C20H21F3N6O2. The molecule has 31 heavy (non-hydrogen) atoms. The number of amides is 1. The van der Waals surface area contributed by atoms with E-state index in [1.54, 1.807) is 12.3 Å². The van der Waals surface area contributed by atoms with E-state index >= 15 is 0 Å². The van der Waals surface area contributed by atoms with Gasteiger partial charge in [-0.3, -0.25) is 14.8 Å². The normalized spacial score (nSPS) is 19.6. The number of nitrogens with two attached hydrogens (primary N) is 2. The molecule has 4 rings (SSSR count). The first-order valence-corrected chi connectivity index (χ1v) is 9.64. The molecule has 5 N–H and O–H groups in total. The maximum atomic E-state index is 13.0. The van der Waals surface area contributed by atoms with Crippen molar-refractivity contribution in [3.8, 4) is 0 Å². The average molecular weight is 434 g/mol. The summed E-state index contributed by atoms with van der Waals surface area (Å²) in [4.78, 5) is 22.9. The fourth-order valence-electron chi connectivity index (χ4n) is 3.91. The van der Waals surface area contributed by atoms with E-state index in [0.717, 1.165) is 24.7 Å². The van der Waals surface area contributed by atoms with Crippen LogP contribution in [-0.4, -0.2) is 35.0 Å². The summed E-state index contributed by atoms with van der Waals surface area (Å²) < 4.78 is 44.0. The standard InChI is InChI=1S/C20H21F3N6O2/c1-10-4-12(24)9-29(8-10)14-2-3-26-7-13(14)28-19(30)16-17-15(31-18(16)25)5-11(6-27-17)20(21,22)23/h2-3,5-7,10,12H,4,8-9,24-25H2,1H3,(H,28,30)/t10-,12+/m1/s1. The first kappa shape index (κ1) is 20.9. The number of halogens is 3. The Morgan fingerprint density at radius 2 is 2.10 bits per heavy atom. The van der Waals surface area contributed by atoms with E-state index in [4.69, 9.17) is 15.9 Å². The average Bonchev–Trinajstić information content (AvgIpc) is 3.02. The van der Waals surface area contributed by atoms with Crippen LogP contribution >= 0.6 is 0 Å². The van der Waals surface area contributed by atoms with Crippen molar-refractivity contribution < 1.29 is 22.4 Å². The lowest BCUT2D eigenvalue weighted by atomic mass is 9.96. The van der Waals surface area contributed by atoms with Crippen molar-refractivity contribution in [2.24, 2.45) is 11.7 Å². The molecule has 1 amide bonds. The van der Waals surface area contributed by atoms with Gasteiger partial charge in [-0.15, -0.1) is 0 Å². The number of piperidine rings is 1. The Kier molecular flexibility index (Phi) is 5.21. The van der Waals surface area contributed by atoms with Crippen LogP contribution in [0, 0.1) is 5.92 Å². The Morgan fingerprint density at radius 3 is 2.81 bits per heavy atom. The number of carbonyl (C=O) groups excluding carboxylic acids is 1. The third-order valence-corrected chi connectivity index (χ3v) is 5.19. The van der Waals surface area contributed by atoms with Crippen LogP contribution in [0.2, 0.25) is 0 Å². The monoisotopic (exact) mass is 434 g/mol. The Hall–Kier alpha value is -3.34. The maximum Gasteiger partial charge on any atom is 0.418 e. The fourth-order valence-corrected chi connectivity index (χ4v) is 3.91. The summed E-state index contributed by atoms with van der Waals surface area (Å²) in [5.74, 6) is -0.605. The van der Waals surface area contributed by atoms with Crippen molar-refractivity contribution in [3.63, 3.8) is 0 Å². The lowest BCUT2D eigenvalue weighted by Crippen LogP contribution is -2.46. The van der Waals surface area contributed by atoms with Crippen molar-refractivity contribution in [2.75, 3.05) is 29.0 Å². The van der Waals surface area contributed by atoms with Gasteiger partial charge in [-0.05, 0) is 24.5 Å². The molecule has 8 nitrogen and oxygen atoms in total. The quantitative estimate of drug-likeness (QED) is 0.578. The number of pyridine rings is 2. The number of carbonyl (C=O) groups is 1. The van der Waals surface area contributed by atoms with Gasteiger partial charge in [-0.25, -0.2) is 0 Å². The number of nitrogen functional groups attached to an aromatic ring is 1. The molecule has 3 aromatic rings. The topological polar surface area (TPSA) is 123 Å². The molecule has 11 heteroatoms. The van der Waals surface area contributed by atoms with Gasteiger partial charge in [0, 0.05) is 31.5 Å². The van der Waals surface area contributed by atoms with Gasteiger partial charge >= 0.3 is 6.18 Å². The van der Waals surface area contributed by atoms with E-state index < -0.39 is 17.6 Å². The van der Waals surface area contributed by atoms with Gasteiger partial charge in [0.2, 0.25) is 5.88 Å². The Labute approximate surface area is 175 Å². The molecular weight excluding hydrogens is 413 g/mol. The van der Waals surface area contributed by atoms with E-state index in [2.05, 4.69) is 27.1 Å². The molecule has 164 valence electrons. The molecule has 0 bridgehead atoms. The number of fused-ring (bicyclic) bond motifs is 1. The van der Waals surface area contributed by atoms with E-state index in [0.29, 0.717) is 24.3 Å². The fraction of sp³-hybridized carbons (Fsp3) is 0.350. The van der Waals surface area contributed by atoms with Gasteiger partial charge < -0.3 is 26.1 Å². The molecule has 0 saturated carbocycles. The highest BCUT2D eigenvalue weighted by atomic mass is 19.4. The van der Waals surface area contributed by atoms with Gasteiger partial charge in [0.25, 0.3) is 5.91 Å². The molecule has 0 spiro atoms. The molecule has 0 aromatic carbocycles. The van der Waals surface area contributed by atoms with Crippen molar-refractivity contribution in [3.05, 3.63) is 41.9 Å². The second-order valence-corrected chi connectivity index (χ2v) is 7.76. The van der Waals surface area contributed by atoms with E-state index in [1.807, 2.05) is 0 Å². The van der Waals surface area contributed by atoms with E-state index in [1.165, 1.54) is 6.20 Å². The number of nitrogens with one attached hydrogen (secondary N) is 1. The number of hydrogen-bond donors (Lipinski definition) is 3. The molecule has 0 aliphatic carbocycles. The van der Waals surface area contributed by atoms with Crippen LogP contribution in [0.4, 0.5) is 30.4 Å². The second kappa shape index (κ2) is 7.73. The van der Waals surface area contributed by atoms with E-state index in [-0.39, 0.29) is 28.6 Å². The first-order valence-electron chi connectivity index (χ1n) is 9.64. The third kappa shape index (κ3) is 4.13. The number of hydrogen-bond acceptors (Lipinski definition) is 7. The molecule has 0 radical (unpaired) electrons. The number of anilines is 3. The van der Waals surface area contributed by atoms with Crippen LogP contribution in [0.1, 0.15) is 29.3 Å². The number of rotatable bonds is 3. The number of furan rings is 1. The highest BCUT2D eigenvalue weighted by Gasteiger charge is 2.33. The summed E-state index contributed by atoms with van der Waals surface area (Å²) in [6.07, 6.45) is 0.0536. The van der Waals surface area contributed by atoms with Crippen LogP contribution in [0.15, 0.2) is 35.1 Å². The molecule has 3 aromatic heterocycles. The van der Waals surface area contributed by atoms with Gasteiger partial charge in [0.1, 0.15) is 11.1 Å². The number of nitrogens with zero attached hydrogens (tertiary/aromatic N) is 3. The zero-order valence-corrected chi connectivity index (χ0v) is 16.6. The zero-order chi connectivity index (χ0) is 22.3. The summed E-state index contributed by atoms with van der Waals surface area (Å²) in [5.41, 5.74) is 11.7. The lowest BCUT2D eigenvalue weighted by Gasteiger charge is -2.37. The largest absolute Gasteiger partial charge is 0.438 e. The van der Waals surface area contributed by atoms with Crippen LogP contribution in [-0.2, 0) is 6.18 Å². The van der Waals surface area contributed by atoms with Crippen molar-refractivity contribution in [1.29, 1.82) is 0 Å². The minimum atomic E-state index is -4.60. The van der Waals surface area contributed by atoms with Crippen molar-refractivity contribution >= 4 is 34.3 Å². The summed E-state index contributed by atoms with van der Waals surface area (Å²) >= 11 is 0. The molecule has 1 aliphatic rings. The molecule has 1 fully saturated rings. The van der Waals surface area contributed by atoms with Gasteiger partial charge in [0.15, 0.2) is 5.58 Å². The highest BCUT2D eigenvalue weighted by molar-refractivity contribution is 6.15. The van der Waals surface area contributed by atoms with Gasteiger partial charge in [-0.1, -0.05) is 6.92 Å². The summed E-state index contributed by atoms with van der Waals surface area (Å²) in [6.45, 7) is 3.49. The third-order valence-electron chi connectivity index (χ3n) is 5.19. The van der Waals surface area contributed by atoms with Crippen LogP contribution in [0.3, 0.4) is 0 Å². The minimum Gasteiger partial charge on any atom is -0.438 e. The summed E-state index contributed by atoms with van der Waals surface area (Å²) in [7, 11) is 0. The van der Waals surface area contributed by atoms with E-state index in [9.17, 15) is 18.0 Å². The zero-order valence-electron chi connectivity index (χ0n) is 16.6. The van der Waals surface area contributed by atoms with Crippen molar-refractivity contribution in [1.82, 2.24) is 9.97 Å². The predicted octanol–water partition coefficient (Wildman–Crippen LogP) is 3.25. The number of aromatic nitrogens is 2. The Morgan fingerprint density at radius 1 is 1.32 bits per heavy atom. The minimum absolute atomic E-state index is 0.000886. The molecule has 1 aliphatic heterocycles. The van der Waals surface area contributed by atoms with Crippen LogP contribution in [0.5, 0.6) is 0 Å². The molecule has 4 heterocycles. The lowest BCUT2D eigenvalue weighted by molar-refractivity contribution is -0.137. The Balaban J connectivity index is 1.65. The maximum absolute atomic E-state index is 13.0. The SMILES string of the molecule is C[C@@H]1C[C@H](N)CN(c2ccncc2NC(=O)c2c(N)oc3cc(C(F)(F)F)cnc23)C1. The molecule has 0 unspecified atom stereocenters. The second-order valence-electron chi connectivity index (χ2n) is 7.76. The highest BCUT2D eigenvalue weighted by Crippen LogP contribution is 2.35. The van der Waals surface area contributed by atoms with Gasteiger partial charge in [-0.2, -0.15) is 13.2 Å². The molecule has 1 saturated heterocycles. The Bertz CT molecular complexity index is 1120. The summed E-state index contributed by atoms with van der Waals surface area (Å²) in [5, 5.41) is 2.73. The van der Waals surface area contributed by atoms with Gasteiger partial charge in [0.05, 0.1) is 23.1 Å². The van der Waals surface area contributed by atoms with Crippen molar-refractivity contribution in [2.45, 2.75) is 25.6 Å². The van der Waals surface area contributed by atoms with Crippen LogP contribution in [0.25, 0.3) is 11.1 Å². The smallest absolute Gasteiger partial charge is 0.418 e. The predicted molar refractivity (Wildman–Crippen MR) is 110 cm³/mol. The first-order chi connectivity index (χ1) is 14.6. The number of alkyl halides is 3.